The van der Waals surface area contributed by atoms with E-state index >= 15 is 0 Å². The number of ether oxygens (including phenoxy) is 1. The van der Waals surface area contributed by atoms with Gasteiger partial charge in [-0.1, -0.05) is 6.07 Å². The smallest absolute Gasteiger partial charge is 0.251 e. The van der Waals surface area contributed by atoms with Crippen LogP contribution in [0.4, 0.5) is 0 Å². The van der Waals surface area contributed by atoms with Crippen LogP contribution in [0.2, 0.25) is 0 Å². The number of aryl methyl sites for hydroxylation is 1. The Morgan fingerprint density at radius 3 is 2.70 bits per heavy atom. The van der Waals surface area contributed by atoms with Crippen molar-refractivity contribution in [2.24, 2.45) is 0 Å². The summed E-state index contributed by atoms with van der Waals surface area (Å²) < 4.78 is 5.49. The molecule has 4 rings (SSSR count). The minimum atomic E-state index is -0.0310. The van der Waals surface area contributed by atoms with E-state index in [1.54, 1.807) is 34.4 Å². The fourth-order valence-electron chi connectivity index (χ4n) is 3.41. The van der Waals surface area contributed by atoms with Crippen molar-refractivity contribution >= 4 is 40.3 Å². The Morgan fingerprint density at radius 2 is 2.03 bits per heavy atom. The number of carbonyl (C=O) groups excluding carboxylic acids is 1. The molecule has 2 aromatic heterocycles. The third kappa shape index (κ3) is 5.70. The van der Waals surface area contributed by atoms with Gasteiger partial charge in [0.25, 0.3) is 5.91 Å². The van der Waals surface area contributed by atoms with Gasteiger partial charge in [0.05, 0.1) is 30.0 Å². The summed E-state index contributed by atoms with van der Waals surface area (Å²) in [6.45, 7) is 5.89. The van der Waals surface area contributed by atoms with E-state index in [1.807, 2.05) is 31.2 Å². The van der Waals surface area contributed by atoms with Crippen LogP contribution in [0.25, 0.3) is 0 Å². The van der Waals surface area contributed by atoms with Gasteiger partial charge in [-0.3, -0.25) is 9.69 Å². The maximum atomic E-state index is 12.7. The van der Waals surface area contributed by atoms with Gasteiger partial charge in [0.15, 0.2) is 0 Å². The Hall–Kier alpha value is -1.71. The molecule has 0 radical (unpaired) electrons. The van der Waals surface area contributed by atoms with Crippen molar-refractivity contribution in [2.45, 2.75) is 23.6 Å². The number of aromatic nitrogens is 1. The van der Waals surface area contributed by atoms with Crippen LogP contribution < -0.4 is 5.32 Å². The van der Waals surface area contributed by atoms with Crippen LogP contribution >= 0.6 is 34.4 Å². The molecule has 1 amide bonds. The summed E-state index contributed by atoms with van der Waals surface area (Å²) in [6, 6.07) is 12.2. The molecular formula is C22H25N3O2S3. The number of nitrogens with zero attached hydrogens (tertiary/aromatic N) is 2. The number of nitrogens with one attached hydrogen (secondary N) is 1. The van der Waals surface area contributed by atoms with Crippen LogP contribution in [-0.2, 0) is 10.5 Å². The van der Waals surface area contributed by atoms with Gasteiger partial charge in [-0.2, -0.15) is 0 Å². The van der Waals surface area contributed by atoms with Crippen LogP contribution in [0.1, 0.15) is 32.0 Å². The van der Waals surface area contributed by atoms with E-state index in [9.17, 15) is 4.79 Å². The van der Waals surface area contributed by atoms with Gasteiger partial charge < -0.3 is 10.1 Å². The molecule has 1 fully saturated rings. The highest BCUT2D eigenvalue weighted by molar-refractivity contribution is 7.98. The summed E-state index contributed by atoms with van der Waals surface area (Å²) in [4.78, 5) is 22.0. The molecule has 1 aliphatic heterocycles. The summed E-state index contributed by atoms with van der Waals surface area (Å²) >= 11 is 5.15. The largest absolute Gasteiger partial charge is 0.379 e. The molecule has 158 valence electrons. The monoisotopic (exact) mass is 459 g/mol. The van der Waals surface area contributed by atoms with E-state index in [0.29, 0.717) is 12.1 Å². The molecule has 0 spiro atoms. The maximum absolute atomic E-state index is 12.7. The number of thiophene rings is 1. The SMILES string of the molecule is Cc1nc(CSc2ccc(C(=O)NC[C@H](c3cccs3)N3CCOCC3)cc2)cs1. The zero-order valence-corrected chi connectivity index (χ0v) is 19.3. The number of benzene rings is 1. The summed E-state index contributed by atoms with van der Waals surface area (Å²) in [7, 11) is 0. The molecule has 0 aliphatic carbocycles. The van der Waals surface area contributed by atoms with Crippen molar-refractivity contribution in [3.8, 4) is 0 Å². The predicted molar refractivity (Wildman–Crippen MR) is 125 cm³/mol. The van der Waals surface area contributed by atoms with Gasteiger partial charge in [-0.05, 0) is 42.6 Å². The number of thiazole rings is 1. The molecule has 3 aromatic rings. The normalized spacial score (nSPS) is 15.8. The third-order valence-electron chi connectivity index (χ3n) is 4.98. The molecule has 0 unspecified atom stereocenters. The van der Waals surface area contributed by atoms with Gasteiger partial charge in [0, 0.05) is 46.1 Å². The minimum Gasteiger partial charge on any atom is -0.379 e. The molecule has 1 N–H and O–H groups in total. The topological polar surface area (TPSA) is 54.5 Å². The Bertz CT molecular complexity index is 935. The molecule has 1 atom stereocenters. The van der Waals surface area contributed by atoms with E-state index in [0.717, 1.165) is 47.7 Å². The molecular weight excluding hydrogens is 434 g/mol. The number of hydrogen-bond acceptors (Lipinski definition) is 7. The number of amides is 1. The van der Waals surface area contributed by atoms with Gasteiger partial charge in [0.1, 0.15) is 0 Å². The molecule has 1 aliphatic rings. The lowest BCUT2D eigenvalue weighted by Gasteiger charge is -2.34. The highest BCUT2D eigenvalue weighted by Gasteiger charge is 2.24. The molecule has 1 saturated heterocycles. The van der Waals surface area contributed by atoms with Crippen molar-refractivity contribution in [2.75, 3.05) is 32.8 Å². The van der Waals surface area contributed by atoms with Crippen LogP contribution in [0.15, 0.2) is 52.1 Å². The van der Waals surface area contributed by atoms with E-state index in [2.05, 4.69) is 38.1 Å². The Kier molecular flexibility index (Phi) is 7.57. The van der Waals surface area contributed by atoms with Crippen molar-refractivity contribution in [1.29, 1.82) is 0 Å². The average molecular weight is 460 g/mol. The first kappa shape index (κ1) is 21.5. The first-order valence-electron chi connectivity index (χ1n) is 9.96. The lowest BCUT2D eigenvalue weighted by molar-refractivity contribution is 0.0169. The summed E-state index contributed by atoms with van der Waals surface area (Å²) in [6.07, 6.45) is 0. The van der Waals surface area contributed by atoms with Gasteiger partial charge >= 0.3 is 0 Å². The number of rotatable bonds is 8. The quantitative estimate of drug-likeness (QED) is 0.499. The Balaban J connectivity index is 1.33. The number of morpholine rings is 1. The second-order valence-corrected chi connectivity index (χ2v) is 10.2. The van der Waals surface area contributed by atoms with E-state index in [4.69, 9.17) is 4.74 Å². The van der Waals surface area contributed by atoms with E-state index < -0.39 is 0 Å². The van der Waals surface area contributed by atoms with E-state index in [1.165, 1.54) is 4.88 Å². The lowest BCUT2D eigenvalue weighted by Crippen LogP contribution is -2.43. The summed E-state index contributed by atoms with van der Waals surface area (Å²) in [5.41, 5.74) is 1.79. The fourth-order valence-corrected chi connectivity index (χ4v) is 5.78. The molecule has 5 nitrogen and oxygen atoms in total. The second kappa shape index (κ2) is 10.5. The molecule has 0 saturated carbocycles. The van der Waals surface area contributed by atoms with Crippen LogP contribution in [-0.4, -0.2) is 48.6 Å². The second-order valence-electron chi connectivity index (χ2n) is 7.06. The fraction of sp³-hybridized carbons (Fsp3) is 0.364. The van der Waals surface area contributed by atoms with Gasteiger partial charge in [0.2, 0.25) is 0 Å². The van der Waals surface area contributed by atoms with Crippen LogP contribution in [0.5, 0.6) is 0 Å². The first-order chi connectivity index (χ1) is 14.7. The summed E-state index contributed by atoms with van der Waals surface area (Å²) in [5, 5.41) is 8.42. The standard InChI is InChI=1S/C22H25N3O2S3/c1-16-24-18(14-29-16)15-30-19-6-4-17(5-7-19)22(26)23-13-20(21-3-2-12-28-21)25-8-10-27-11-9-25/h2-7,12,14,20H,8-11,13,15H2,1H3,(H,23,26)/t20-/m1/s1. The van der Waals surface area contributed by atoms with Gasteiger partial charge in [-0.25, -0.2) is 4.98 Å². The lowest BCUT2D eigenvalue weighted by atomic mass is 10.1. The molecule has 30 heavy (non-hydrogen) atoms. The number of carbonyl (C=O) groups is 1. The van der Waals surface area contributed by atoms with Crippen LogP contribution in [0.3, 0.4) is 0 Å². The zero-order chi connectivity index (χ0) is 20.8. The highest BCUT2D eigenvalue weighted by Crippen LogP contribution is 2.26. The molecule has 0 bridgehead atoms. The van der Waals surface area contributed by atoms with Crippen molar-refractivity contribution < 1.29 is 9.53 Å². The Morgan fingerprint density at radius 1 is 1.23 bits per heavy atom. The molecule has 3 heterocycles. The average Bonchev–Trinajstić information content (AvgIpc) is 3.45. The maximum Gasteiger partial charge on any atom is 0.251 e. The van der Waals surface area contributed by atoms with Gasteiger partial charge in [-0.15, -0.1) is 34.4 Å². The number of hydrogen-bond donors (Lipinski definition) is 1. The van der Waals surface area contributed by atoms with Crippen LogP contribution in [0, 0.1) is 6.92 Å². The number of thioether (sulfide) groups is 1. The van der Waals surface area contributed by atoms with Crippen molar-refractivity contribution in [3.05, 3.63) is 68.3 Å². The summed E-state index contributed by atoms with van der Waals surface area (Å²) in [5.74, 6) is 0.814. The zero-order valence-electron chi connectivity index (χ0n) is 16.9. The highest BCUT2D eigenvalue weighted by atomic mass is 32.2. The minimum absolute atomic E-state index is 0.0310. The van der Waals surface area contributed by atoms with E-state index in [-0.39, 0.29) is 11.9 Å². The predicted octanol–water partition coefficient (Wildman–Crippen LogP) is 4.61. The molecule has 1 aromatic carbocycles. The van der Waals surface area contributed by atoms with Crippen molar-refractivity contribution in [3.63, 3.8) is 0 Å². The first-order valence-corrected chi connectivity index (χ1v) is 12.7. The van der Waals surface area contributed by atoms with Crippen molar-refractivity contribution in [1.82, 2.24) is 15.2 Å². The third-order valence-corrected chi connectivity index (χ3v) is 7.83. The molecule has 8 heteroatoms. The Labute approximate surface area is 189 Å².